The van der Waals surface area contributed by atoms with Crippen molar-refractivity contribution in [1.29, 1.82) is 0 Å². The molecule has 0 aliphatic rings. The van der Waals surface area contributed by atoms with Crippen molar-refractivity contribution in [2.75, 3.05) is 0 Å². The van der Waals surface area contributed by atoms with E-state index in [1.807, 2.05) is 18.2 Å². The second-order valence-corrected chi connectivity index (χ2v) is 5.43. The number of aryl methyl sites for hydroxylation is 3. The standard InChI is InChI=1S/C16H16BrF/c1-12-5-2-3-6-13(12)7-4-8-14-9-10-15(17)11-16(14)18/h2-3,5-6,9-11H,4,7-8H2,1H3. The van der Waals surface area contributed by atoms with E-state index in [9.17, 15) is 4.39 Å². The first-order valence-electron chi connectivity index (χ1n) is 6.15. The molecule has 0 atom stereocenters. The minimum absolute atomic E-state index is 0.117. The smallest absolute Gasteiger partial charge is 0.127 e. The minimum atomic E-state index is -0.117. The predicted molar refractivity (Wildman–Crippen MR) is 77.3 cm³/mol. The molecule has 0 aliphatic heterocycles. The summed E-state index contributed by atoms with van der Waals surface area (Å²) < 4.78 is 14.4. The molecule has 0 unspecified atom stereocenters. The molecule has 2 aromatic carbocycles. The van der Waals surface area contributed by atoms with Crippen LogP contribution in [0.1, 0.15) is 23.1 Å². The van der Waals surface area contributed by atoms with Gasteiger partial charge in [-0.15, -0.1) is 0 Å². The molecule has 0 radical (unpaired) electrons. The van der Waals surface area contributed by atoms with Gasteiger partial charge in [0.1, 0.15) is 5.82 Å². The first kappa shape index (κ1) is 13.3. The lowest BCUT2D eigenvalue weighted by Crippen LogP contribution is -1.95. The molecule has 0 saturated carbocycles. The highest BCUT2D eigenvalue weighted by molar-refractivity contribution is 9.10. The largest absolute Gasteiger partial charge is 0.207 e. The van der Waals surface area contributed by atoms with Crippen LogP contribution in [0.3, 0.4) is 0 Å². The van der Waals surface area contributed by atoms with E-state index in [1.165, 1.54) is 17.2 Å². The lowest BCUT2D eigenvalue weighted by atomic mass is 10.0. The zero-order chi connectivity index (χ0) is 13.0. The molecule has 94 valence electrons. The summed E-state index contributed by atoms with van der Waals surface area (Å²) >= 11 is 3.27. The van der Waals surface area contributed by atoms with Crippen LogP contribution in [0.2, 0.25) is 0 Å². The van der Waals surface area contributed by atoms with E-state index in [2.05, 4.69) is 41.1 Å². The van der Waals surface area contributed by atoms with Gasteiger partial charge in [0.15, 0.2) is 0 Å². The quantitative estimate of drug-likeness (QED) is 0.739. The van der Waals surface area contributed by atoms with Gasteiger partial charge in [-0.05, 0) is 55.0 Å². The molecule has 18 heavy (non-hydrogen) atoms. The summed E-state index contributed by atoms with van der Waals surface area (Å²) in [6, 6.07) is 13.7. The van der Waals surface area contributed by atoms with Crippen molar-refractivity contribution in [3.63, 3.8) is 0 Å². The van der Waals surface area contributed by atoms with Crippen molar-refractivity contribution in [3.8, 4) is 0 Å². The van der Waals surface area contributed by atoms with Crippen LogP contribution in [0.4, 0.5) is 4.39 Å². The van der Waals surface area contributed by atoms with Crippen LogP contribution in [0.5, 0.6) is 0 Å². The Labute approximate surface area is 116 Å². The molecular formula is C16H16BrF. The van der Waals surface area contributed by atoms with Crippen molar-refractivity contribution in [1.82, 2.24) is 0 Å². The van der Waals surface area contributed by atoms with Gasteiger partial charge in [-0.2, -0.15) is 0 Å². The molecule has 0 aromatic heterocycles. The fourth-order valence-electron chi connectivity index (χ4n) is 2.08. The van der Waals surface area contributed by atoms with Gasteiger partial charge in [0, 0.05) is 4.47 Å². The van der Waals surface area contributed by atoms with Crippen molar-refractivity contribution in [2.45, 2.75) is 26.2 Å². The van der Waals surface area contributed by atoms with E-state index < -0.39 is 0 Å². The van der Waals surface area contributed by atoms with E-state index in [-0.39, 0.29) is 5.82 Å². The monoisotopic (exact) mass is 306 g/mol. The summed E-state index contributed by atoms with van der Waals surface area (Å²) in [5.41, 5.74) is 3.47. The topological polar surface area (TPSA) is 0 Å². The molecule has 0 aliphatic carbocycles. The maximum Gasteiger partial charge on any atom is 0.127 e. The molecule has 2 aromatic rings. The van der Waals surface area contributed by atoms with Crippen LogP contribution in [-0.2, 0) is 12.8 Å². The summed E-state index contributed by atoms with van der Waals surface area (Å²) in [6.07, 6.45) is 2.76. The SMILES string of the molecule is Cc1ccccc1CCCc1ccc(Br)cc1F. The minimum Gasteiger partial charge on any atom is -0.207 e. The van der Waals surface area contributed by atoms with Crippen LogP contribution in [0, 0.1) is 12.7 Å². The Kier molecular flexibility index (Phi) is 4.54. The number of rotatable bonds is 4. The molecule has 0 heterocycles. The van der Waals surface area contributed by atoms with E-state index in [0.717, 1.165) is 29.3 Å². The Balaban J connectivity index is 1.95. The Morgan fingerprint density at radius 1 is 1.00 bits per heavy atom. The number of halogens is 2. The molecule has 0 saturated heterocycles. The molecule has 2 heteroatoms. The van der Waals surface area contributed by atoms with Gasteiger partial charge in [0.25, 0.3) is 0 Å². The van der Waals surface area contributed by atoms with Gasteiger partial charge in [-0.3, -0.25) is 0 Å². The Bertz CT molecular complexity index is 534. The second-order valence-electron chi connectivity index (χ2n) is 4.52. The van der Waals surface area contributed by atoms with Crippen molar-refractivity contribution in [3.05, 3.63) is 69.4 Å². The van der Waals surface area contributed by atoms with Crippen LogP contribution >= 0.6 is 15.9 Å². The first-order valence-corrected chi connectivity index (χ1v) is 6.94. The normalized spacial score (nSPS) is 10.6. The molecule has 0 spiro atoms. The molecule has 0 bridgehead atoms. The summed E-state index contributed by atoms with van der Waals surface area (Å²) in [5, 5.41) is 0. The molecule has 0 N–H and O–H groups in total. The third kappa shape index (κ3) is 3.42. The average molecular weight is 307 g/mol. The van der Waals surface area contributed by atoms with E-state index in [1.54, 1.807) is 0 Å². The number of hydrogen-bond donors (Lipinski definition) is 0. The summed E-state index contributed by atoms with van der Waals surface area (Å²) in [6.45, 7) is 2.12. The average Bonchev–Trinajstić information content (AvgIpc) is 2.34. The van der Waals surface area contributed by atoms with Gasteiger partial charge in [-0.25, -0.2) is 4.39 Å². The van der Waals surface area contributed by atoms with E-state index in [0.29, 0.717) is 0 Å². The first-order chi connectivity index (χ1) is 8.66. The van der Waals surface area contributed by atoms with E-state index in [4.69, 9.17) is 0 Å². The number of benzene rings is 2. The second kappa shape index (κ2) is 6.14. The maximum atomic E-state index is 13.6. The Morgan fingerprint density at radius 2 is 1.72 bits per heavy atom. The van der Waals surface area contributed by atoms with Crippen LogP contribution in [0.25, 0.3) is 0 Å². The van der Waals surface area contributed by atoms with Gasteiger partial charge in [-0.1, -0.05) is 46.3 Å². The molecule has 0 nitrogen and oxygen atoms in total. The van der Waals surface area contributed by atoms with Crippen molar-refractivity contribution >= 4 is 15.9 Å². The van der Waals surface area contributed by atoms with Gasteiger partial charge < -0.3 is 0 Å². The Morgan fingerprint density at radius 3 is 2.44 bits per heavy atom. The van der Waals surface area contributed by atoms with Crippen molar-refractivity contribution in [2.24, 2.45) is 0 Å². The summed E-state index contributed by atoms with van der Waals surface area (Å²) in [7, 11) is 0. The predicted octanol–water partition coefficient (Wildman–Crippen LogP) is 5.07. The van der Waals surface area contributed by atoms with Crippen molar-refractivity contribution < 1.29 is 4.39 Å². The van der Waals surface area contributed by atoms with Gasteiger partial charge in [0.2, 0.25) is 0 Å². The molecule has 0 amide bonds. The molecule has 2 rings (SSSR count). The highest BCUT2D eigenvalue weighted by atomic mass is 79.9. The lowest BCUT2D eigenvalue weighted by molar-refractivity contribution is 0.603. The third-order valence-electron chi connectivity index (χ3n) is 3.17. The highest BCUT2D eigenvalue weighted by Crippen LogP contribution is 2.18. The number of hydrogen-bond acceptors (Lipinski definition) is 0. The van der Waals surface area contributed by atoms with Crippen LogP contribution < -0.4 is 0 Å². The highest BCUT2D eigenvalue weighted by Gasteiger charge is 2.03. The third-order valence-corrected chi connectivity index (χ3v) is 3.66. The fourth-order valence-corrected chi connectivity index (χ4v) is 2.42. The fraction of sp³-hybridized carbons (Fsp3) is 0.250. The van der Waals surface area contributed by atoms with Crippen LogP contribution in [0.15, 0.2) is 46.9 Å². The molecule has 0 fully saturated rings. The summed E-state index contributed by atoms with van der Waals surface area (Å²) in [5.74, 6) is -0.117. The zero-order valence-electron chi connectivity index (χ0n) is 10.4. The molecular weight excluding hydrogens is 291 g/mol. The van der Waals surface area contributed by atoms with E-state index >= 15 is 0 Å². The van der Waals surface area contributed by atoms with Crippen LogP contribution in [-0.4, -0.2) is 0 Å². The van der Waals surface area contributed by atoms with Gasteiger partial charge in [0.05, 0.1) is 0 Å². The lowest BCUT2D eigenvalue weighted by Gasteiger charge is -2.06. The maximum absolute atomic E-state index is 13.6. The summed E-state index contributed by atoms with van der Waals surface area (Å²) in [4.78, 5) is 0. The zero-order valence-corrected chi connectivity index (χ0v) is 12.0. The van der Waals surface area contributed by atoms with Gasteiger partial charge >= 0.3 is 0 Å². The Hall–Kier alpha value is -1.15.